The van der Waals surface area contributed by atoms with Gasteiger partial charge in [0.15, 0.2) is 0 Å². The van der Waals surface area contributed by atoms with Crippen molar-refractivity contribution in [3.63, 3.8) is 0 Å². The van der Waals surface area contributed by atoms with Gasteiger partial charge in [-0.3, -0.25) is 9.67 Å². The van der Waals surface area contributed by atoms with Crippen molar-refractivity contribution in [2.24, 2.45) is 7.05 Å². The fourth-order valence-electron chi connectivity index (χ4n) is 1.29. The third-order valence-electron chi connectivity index (χ3n) is 1.88. The summed E-state index contributed by atoms with van der Waals surface area (Å²) < 4.78 is 1.72. The van der Waals surface area contributed by atoms with Crippen LogP contribution in [0.25, 0.3) is 10.9 Å². The van der Waals surface area contributed by atoms with Crippen LogP contribution in [-0.2, 0) is 13.7 Å². The zero-order valence-corrected chi connectivity index (χ0v) is 6.73. The van der Waals surface area contributed by atoms with Crippen LogP contribution in [0, 0.1) is 0 Å². The molecule has 0 atom stereocenters. The first kappa shape index (κ1) is 7.24. The van der Waals surface area contributed by atoms with Crippen LogP contribution in [-0.4, -0.2) is 19.9 Å². The van der Waals surface area contributed by atoms with E-state index in [1.165, 1.54) is 0 Å². The number of fused-ring (bicyclic) bond motifs is 1. The molecule has 0 saturated heterocycles. The van der Waals surface area contributed by atoms with Crippen molar-refractivity contribution in [1.82, 2.24) is 14.8 Å². The number of hydrogen-bond donors (Lipinski definition) is 1. The first-order valence-electron chi connectivity index (χ1n) is 3.69. The van der Waals surface area contributed by atoms with Crippen LogP contribution in [0.15, 0.2) is 18.5 Å². The normalized spacial score (nSPS) is 10.8. The second-order valence-electron chi connectivity index (χ2n) is 2.62. The Balaban J connectivity index is 2.82. The van der Waals surface area contributed by atoms with Gasteiger partial charge in [0.2, 0.25) is 0 Å². The fraction of sp³-hybridized carbons (Fsp3) is 0.250. The maximum atomic E-state index is 8.95. The third kappa shape index (κ3) is 0.887. The Labute approximate surface area is 69.5 Å². The molecule has 0 fully saturated rings. The molecule has 0 aliphatic rings. The molecule has 0 saturated carbocycles. The van der Waals surface area contributed by atoms with E-state index < -0.39 is 0 Å². The summed E-state index contributed by atoms with van der Waals surface area (Å²) in [4.78, 5) is 3.98. The van der Waals surface area contributed by atoms with Crippen molar-refractivity contribution in [2.45, 2.75) is 6.61 Å². The average molecular weight is 163 g/mol. The number of nitrogens with zero attached hydrogens (tertiary/aromatic N) is 3. The Morgan fingerprint density at radius 2 is 2.42 bits per heavy atom. The van der Waals surface area contributed by atoms with Gasteiger partial charge in [0.1, 0.15) is 0 Å². The van der Waals surface area contributed by atoms with Crippen LogP contribution in [0.2, 0.25) is 0 Å². The molecular weight excluding hydrogens is 154 g/mol. The van der Waals surface area contributed by atoms with Crippen molar-refractivity contribution < 1.29 is 5.11 Å². The molecule has 0 spiro atoms. The summed E-state index contributed by atoms with van der Waals surface area (Å²) in [6.07, 6.45) is 3.44. The van der Waals surface area contributed by atoms with Gasteiger partial charge in [0, 0.05) is 18.6 Å². The van der Waals surface area contributed by atoms with Crippen molar-refractivity contribution in [1.29, 1.82) is 0 Å². The lowest BCUT2D eigenvalue weighted by Crippen LogP contribution is -1.91. The molecule has 62 valence electrons. The number of pyridine rings is 1. The molecule has 0 aromatic carbocycles. The molecule has 4 nitrogen and oxygen atoms in total. The van der Waals surface area contributed by atoms with Crippen LogP contribution in [0.4, 0.5) is 0 Å². The Kier molecular flexibility index (Phi) is 1.55. The smallest absolute Gasteiger partial charge is 0.0958 e. The number of hydrogen-bond acceptors (Lipinski definition) is 3. The maximum absolute atomic E-state index is 8.95. The van der Waals surface area contributed by atoms with E-state index in [1.807, 2.05) is 13.1 Å². The molecule has 2 aromatic rings. The highest BCUT2D eigenvalue weighted by atomic mass is 16.3. The molecule has 2 rings (SSSR count). The summed E-state index contributed by atoms with van der Waals surface area (Å²) >= 11 is 0. The molecule has 0 unspecified atom stereocenters. The van der Waals surface area contributed by atoms with Crippen LogP contribution in [0.3, 0.4) is 0 Å². The molecule has 12 heavy (non-hydrogen) atoms. The molecule has 0 bridgehead atoms. The Bertz CT molecular complexity index is 408. The molecule has 2 aromatic heterocycles. The number of aryl methyl sites for hydroxylation is 1. The SMILES string of the molecule is Cn1nc(CO)c2ccncc21. The lowest BCUT2D eigenvalue weighted by Gasteiger charge is -1.89. The highest BCUT2D eigenvalue weighted by Gasteiger charge is 2.05. The first-order valence-corrected chi connectivity index (χ1v) is 3.69. The van der Waals surface area contributed by atoms with E-state index in [0.29, 0.717) is 5.69 Å². The quantitative estimate of drug-likeness (QED) is 0.664. The molecule has 0 radical (unpaired) electrons. The van der Waals surface area contributed by atoms with Gasteiger partial charge >= 0.3 is 0 Å². The molecule has 0 aliphatic heterocycles. The second-order valence-corrected chi connectivity index (χ2v) is 2.62. The number of aliphatic hydroxyl groups excluding tert-OH is 1. The van der Waals surface area contributed by atoms with E-state index in [-0.39, 0.29) is 6.61 Å². The van der Waals surface area contributed by atoms with Crippen molar-refractivity contribution in [2.75, 3.05) is 0 Å². The van der Waals surface area contributed by atoms with Crippen molar-refractivity contribution in [3.05, 3.63) is 24.2 Å². The lowest BCUT2D eigenvalue weighted by molar-refractivity contribution is 0.277. The largest absolute Gasteiger partial charge is 0.390 e. The average Bonchev–Trinajstić information content (AvgIpc) is 2.44. The summed E-state index contributed by atoms with van der Waals surface area (Å²) in [7, 11) is 1.84. The third-order valence-corrected chi connectivity index (χ3v) is 1.88. The predicted molar refractivity (Wildman–Crippen MR) is 44.4 cm³/mol. The Morgan fingerprint density at radius 1 is 1.58 bits per heavy atom. The molecule has 1 N–H and O–H groups in total. The number of aromatic nitrogens is 3. The van der Waals surface area contributed by atoms with Crippen LogP contribution >= 0.6 is 0 Å². The van der Waals surface area contributed by atoms with Gasteiger partial charge in [-0.05, 0) is 6.07 Å². The molecule has 4 heteroatoms. The van der Waals surface area contributed by atoms with E-state index in [4.69, 9.17) is 5.11 Å². The molecule has 2 heterocycles. The summed E-state index contributed by atoms with van der Waals surface area (Å²) in [5.41, 5.74) is 1.65. The monoisotopic (exact) mass is 163 g/mol. The Morgan fingerprint density at radius 3 is 3.17 bits per heavy atom. The van der Waals surface area contributed by atoms with E-state index in [1.54, 1.807) is 17.1 Å². The highest BCUT2D eigenvalue weighted by Crippen LogP contribution is 2.15. The summed E-state index contributed by atoms with van der Waals surface area (Å²) in [6.45, 7) is -0.0264. The van der Waals surface area contributed by atoms with Gasteiger partial charge in [-0.2, -0.15) is 5.10 Å². The minimum Gasteiger partial charge on any atom is -0.390 e. The maximum Gasteiger partial charge on any atom is 0.0958 e. The highest BCUT2D eigenvalue weighted by molar-refractivity contribution is 5.80. The first-order chi connectivity index (χ1) is 5.83. The standard InChI is InChI=1S/C8H9N3O/c1-11-8-4-9-3-2-6(8)7(5-12)10-11/h2-4,12H,5H2,1H3. The molecule has 0 aliphatic carbocycles. The van der Waals surface area contributed by atoms with E-state index >= 15 is 0 Å². The summed E-state index contributed by atoms with van der Waals surface area (Å²) in [6, 6.07) is 1.86. The van der Waals surface area contributed by atoms with E-state index in [2.05, 4.69) is 10.1 Å². The minimum atomic E-state index is -0.0264. The second kappa shape index (κ2) is 2.57. The fourth-order valence-corrected chi connectivity index (χ4v) is 1.29. The summed E-state index contributed by atoms with van der Waals surface area (Å²) in [5.74, 6) is 0. The van der Waals surface area contributed by atoms with Gasteiger partial charge in [-0.25, -0.2) is 0 Å². The minimum absolute atomic E-state index is 0.0264. The number of rotatable bonds is 1. The summed E-state index contributed by atoms with van der Waals surface area (Å²) in [5, 5.41) is 14.1. The van der Waals surface area contributed by atoms with Crippen LogP contribution < -0.4 is 0 Å². The van der Waals surface area contributed by atoms with Gasteiger partial charge in [-0.1, -0.05) is 0 Å². The van der Waals surface area contributed by atoms with Crippen LogP contribution in [0.5, 0.6) is 0 Å². The lowest BCUT2D eigenvalue weighted by atomic mass is 10.2. The van der Waals surface area contributed by atoms with Gasteiger partial charge in [0.25, 0.3) is 0 Å². The van der Waals surface area contributed by atoms with Gasteiger partial charge < -0.3 is 5.11 Å². The zero-order valence-electron chi connectivity index (χ0n) is 6.73. The molecular formula is C8H9N3O. The van der Waals surface area contributed by atoms with Gasteiger partial charge in [0.05, 0.1) is 24.0 Å². The van der Waals surface area contributed by atoms with Crippen molar-refractivity contribution in [3.8, 4) is 0 Å². The predicted octanol–water partition coefficient (Wildman–Crippen LogP) is 0.461. The van der Waals surface area contributed by atoms with E-state index in [9.17, 15) is 0 Å². The molecule has 0 amide bonds. The zero-order chi connectivity index (χ0) is 8.55. The Hall–Kier alpha value is -1.42. The van der Waals surface area contributed by atoms with Crippen LogP contribution in [0.1, 0.15) is 5.69 Å². The number of aliphatic hydroxyl groups is 1. The van der Waals surface area contributed by atoms with Crippen molar-refractivity contribution >= 4 is 10.9 Å². The van der Waals surface area contributed by atoms with E-state index in [0.717, 1.165) is 10.9 Å². The van der Waals surface area contributed by atoms with Gasteiger partial charge in [-0.15, -0.1) is 0 Å². The topological polar surface area (TPSA) is 50.9 Å².